The number of amides is 1. The largest absolute Gasteiger partial charge is 0.338 e. The topological polar surface area (TPSA) is 93.4 Å². The number of rotatable bonds is 6. The molecular weight excluding hydrogens is 274 g/mol. The second kappa shape index (κ2) is 6.26. The van der Waals surface area contributed by atoms with Crippen molar-refractivity contribution in [3.8, 4) is 0 Å². The van der Waals surface area contributed by atoms with E-state index in [1.807, 2.05) is 5.38 Å². The molecule has 0 fully saturated rings. The molecule has 0 spiro atoms. The smallest absolute Gasteiger partial charge is 0.239 e. The maximum Gasteiger partial charge on any atom is 0.239 e. The van der Waals surface area contributed by atoms with Gasteiger partial charge in [-0.3, -0.25) is 4.79 Å². The summed E-state index contributed by atoms with van der Waals surface area (Å²) in [5, 5.41) is 1.85. The maximum atomic E-state index is 11.9. The van der Waals surface area contributed by atoms with Crippen molar-refractivity contribution in [2.24, 2.45) is 5.73 Å². The lowest BCUT2D eigenvalue weighted by atomic mass is 10.2. The van der Waals surface area contributed by atoms with Crippen LogP contribution in [-0.4, -0.2) is 49.3 Å². The molecule has 0 aliphatic heterocycles. The zero-order valence-corrected chi connectivity index (χ0v) is 12.0. The van der Waals surface area contributed by atoms with Crippen molar-refractivity contribution in [1.82, 2.24) is 9.88 Å². The van der Waals surface area contributed by atoms with Gasteiger partial charge in [0.25, 0.3) is 0 Å². The van der Waals surface area contributed by atoms with Crippen molar-refractivity contribution in [1.29, 1.82) is 0 Å². The van der Waals surface area contributed by atoms with Gasteiger partial charge in [-0.05, 0) is 6.42 Å². The molecule has 0 saturated carbocycles. The summed E-state index contributed by atoms with van der Waals surface area (Å²) in [6.45, 7) is 0.384. The van der Waals surface area contributed by atoms with Gasteiger partial charge in [-0.1, -0.05) is 0 Å². The molecule has 1 heterocycles. The van der Waals surface area contributed by atoms with E-state index < -0.39 is 15.9 Å². The molecule has 0 aromatic carbocycles. The number of hydrogen-bond acceptors (Lipinski definition) is 6. The van der Waals surface area contributed by atoms with E-state index in [9.17, 15) is 13.2 Å². The molecule has 0 radical (unpaired) electrons. The van der Waals surface area contributed by atoms with Crippen LogP contribution in [-0.2, 0) is 21.2 Å². The second-order valence-corrected chi connectivity index (χ2v) is 7.18. The van der Waals surface area contributed by atoms with E-state index in [4.69, 9.17) is 5.73 Å². The summed E-state index contributed by atoms with van der Waals surface area (Å²) in [6.07, 6.45) is 1.27. The Morgan fingerprint density at radius 1 is 1.61 bits per heavy atom. The third kappa shape index (κ3) is 5.11. The van der Waals surface area contributed by atoms with Crippen LogP contribution in [0.2, 0.25) is 0 Å². The number of hydrogen-bond donors (Lipinski definition) is 1. The molecule has 0 bridgehead atoms. The lowest BCUT2D eigenvalue weighted by Crippen LogP contribution is -2.42. The normalized spacial score (nSPS) is 13.3. The van der Waals surface area contributed by atoms with Crippen LogP contribution in [0.15, 0.2) is 10.9 Å². The standard InChI is InChI=1S/C10H17N3O3S2/c1-13(5-8-6-17-7-12-8)10(14)9(11)3-4-18(2,15)16/h6-7,9H,3-5,11H2,1-2H3. The molecule has 1 aromatic heterocycles. The van der Waals surface area contributed by atoms with E-state index >= 15 is 0 Å². The Morgan fingerprint density at radius 2 is 2.28 bits per heavy atom. The summed E-state index contributed by atoms with van der Waals surface area (Å²) >= 11 is 1.46. The third-order valence-electron chi connectivity index (χ3n) is 2.38. The molecule has 0 aliphatic rings. The van der Waals surface area contributed by atoms with Crippen LogP contribution in [0.5, 0.6) is 0 Å². The Morgan fingerprint density at radius 3 is 2.78 bits per heavy atom. The van der Waals surface area contributed by atoms with E-state index in [0.29, 0.717) is 6.54 Å². The molecule has 0 saturated heterocycles. The fourth-order valence-electron chi connectivity index (χ4n) is 1.38. The minimum Gasteiger partial charge on any atom is -0.338 e. The van der Waals surface area contributed by atoms with Gasteiger partial charge in [0.1, 0.15) is 9.84 Å². The third-order valence-corrected chi connectivity index (χ3v) is 3.99. The number of carbonyl (C=O) groups is 1. The molecule has 102 valence electrons. The first-order chi connectivity index (χ1) is 8.29. The molecule has 1 aromatic rings. The molecule has 8 heteroatoms. The minimum absolute atomic E-state index is 0.0789. The van der Waals surface area contributed by atoms with Gasteiger partial charge < -0.3 is 10.6 Å². The number of carbonyl (C=O) groups excluding carboxylic acids is 1. The van der Waals surface area contributed by atoms with Crippen LogP contribution in [0.1, 0.15) is 12.1 Å². The number of nitrogens with two attached hydrogens (primary N) is 1. The Bertz CT molecular complexity index is 484. The summed E-state index contributed by atoms with van der Waals surface area (Å²) < 4.78 is 22.0. The van der Waals surface area contributed by atoms with E-state index in [1.165, 1.54) is 16.2 Å². The predicted octanol–water partition coefficient (Wildman–Crippen LogP) is -0.136. The minimum atomic E-state index is -3.09. The Balaban J connectivity index is 2.47. The Kier molecular flexibility index (Phi) is 5.24. The monoisotopic (exact) mass is 291 g/mol. The Labute approximate surface area is 111 Å². The predicted molar refractivity (Wildman–Crippen MR) is 70.9 cm³/mol. The fourth-order valence-corrected chi connectivity index (χ4v) is 2.62. The van der Waals surface area contributed by atoms with Gasteiger partial charge in [-0.15, -0.1) is 11.3 Å². The molecule has 1 unspecified atom stereocenters. The van der Waals surface area contributed by atoms with Gasteiger partial charge in [-0.25, -0.2) is 13.4 Å². The average Bonchev–Trinajstić information content (AvgIpc) is 2.76. The molecular formula is C10H17N3O3S2. The van der Waals surface area contributed by atoms with Crippen LogP contribution in [0.4, 0.5) is 0 Å². The highest BCUT2D eigenvalue weighted by atomic mass is 32.2. The van der Waals surface area contributed by atoms with Crippen molar-refractivity contribution in [3.63, 3.8) is 0 Å². The van der Waals surface area contributed by atoms with Crippen molar-refractivity contribution in [3.05, 3.63) is 16.6 Å². The van der Waals surface area contributed by atoms with Gasteiger partial charge in [0.15, 0.2) is 0 Å². The summed E-state index contributed by atoms with van der Waals surface area (Å²) in [6, 6.07) is -0.789. The first-order valence-corrected chi connectivity index (χ1v) is 8.35. The van der Waals surface area contributed by atoms with Crippen LogP contribution in [0, 0.1) is 0 Å². The number of likely N-dealkylation sites (N-methyl/N-ethyl adjacent to an activating group) is 1. The molecule has 1 rings (SSSR count). The van der Waals surface area contributed by atoms with Gasteiger partial charge >= 0.3 is 0 Å². The summed E-state index contributed by atoms with van der Waals surface area (Å²) in [5.41, 5.74) is 8.17. The number of aromatic nitrogens is 1. The van der Waals surface area contributed by atoms with E-state index in [-0.39, 0.29) is 18.1 Å². The first kappa shape index (κ1) is 15.1. The van der Waals surface area contributed by atoms with Crippen LogP contribution >= 0.6 is 11.3 Å². The highest BCUT2D eigenvalue weighted by Gasteiger charge is 2.20. The number of thiazole rings is 1. The summed E-state index contributed by atoms with van der Waals surface area (Å²) in [7, 11) is -1.46. The summed E-state index contributed by atoms with van der Waals surface area (Å²) in [5.74, 6) is -0.351. The van der Waals surface area contributed by atoms with Gasteiger partial charge in [0.2, 0.25) is 5.91 Å². The number of nitrogens with zero attached hydrogens (tertiary/aromatic N) is 2. The highest BCUT2D eigenvalue weighted by Crippen LogP contribution is 2.06. The van der Waals surface area contributed by atoms with Crippen LogP contribution < -0.4 is 5.73 Å². The molecule has 0 aliphatic carbocycles. The van der Waals surface area contributed by atoms with Crippen molar-refractivity contribution < 1.29 is 13.2 Å². The SMILES string of the molecule is CN(Cc1cscn1)C(=O)C(N)CCS(C)(=O)=O. The zero-order chi connectivity index (χ0) is 13.8. The zero-order valence-electron chi connectivity index (χ0n) is 10.4. The Hall–Kier alpha value is -0.990. The highest BCUT2D eigenvalue weighted by molar-refractivity contribution is 7.90. The molecule has 1 amide bonds. The van der Waals surface area contributed by atoms with Crippen LogP contribution in [0.3, 0.4) is 0 Å². The molecule has 1 atom stereocenters. The lowest BCUT2D eigenvalue weighted by Gasteiger charge is -2.20. The van der Waals surface area contributed by atoms with Crippen molar-refractivity contribution >= 4 is 27.1 Å². The van der Waals surface area contributed by atoms with Crippen molar-refractivity contribution in [2.75, 3.05) is 19.1 Å². The number of sulfone groups is 1. The van der Waals surface area contributed by atoms with Crippen LogP contribution in [0.25, 0.3) is 0 Å². The molecule has 6 nitrogen and oxygen atoms in total. The lowest BCUT2D eigenvalue weighted by molar-refractivity contribution is -0.131. The van der Waals surface area contributed by atoms with E-state index in [0.717, 1.165) is 11.9 Å². The summed E-state index contributed by atoms with van der Waals surface area (Å²) in [4.78, 5) is 17.4. The molecule has 2 N–H and O–H groups in total. The molecule has 18 heavy (non-hydrogen) atoms. The second-order valence-electron chi connectivity index (χ2n) is 4.20. The quantitative estimate of drug-likeness (QED) is 0.787. The van der Waals surface area contributed by atoms with Gasteiger partial charge in [0.05, 0.1) is 29.5 Å². The first-order valence-electron chi connectivity index (χ1n) is 5.35. The van der Waals surface area contributed by atoms with Gasteiger partial charge in [0, 0.05) is 18.7 Å². The average molecular weight is 291 g/mol. The van der Waals surface area contributed by atoms with E-state index in [2.05, 4.69) is 4.98 Å². The van der Waals surface area contributed by atoms with E-state index in [1.54, 1.807) is 12.6 Å². The fraction of sp³-hybridized carbons (Fsp3) is 0.600. The van der Waals surface area contributed by atoms with Crippen molar-refractivity contribution in [2.45, 2.75) is 19.0 Å². The maximum absolute atomic E-state index is 11.9. The van der Waals surface area contributed by atoms with Gasteiger partial charge in [-0.2, -0.15) is 0 Å².